The summed E-state index contributed by atoms with van der Waals surface area (Å²) in [5.41, 5.74) is 0. The minimum Gasteiger partial charge on any atom is -0.394 e. The maximum Gasteiger partial charge on any atom is 0.249 e. The van der Waals surface area contributed by atoms with Crippen LogP contribution in [0.25, 0.3) is 0 Å². The van der Waals surface area contributed by atoms with Crippen molar-refractivity contribution in [3.63, 3.8) is 0 Å². The van der Waals surface area contributed by atoms with Gasteiger partial charge in [-0.25, -0.2) is 0 Å². The molecule has 0 bridgehead atoms. The first kappa shape index (κ1) is 47.0. The van der Waals surface area contributed by atoms with Crippen LogP contribution in [0.2, 0.25) is 0 Å². The monoisotopic (exact) mass is 684 g/mol. The lowest BCUT2D eigenvalue weighted by atomic mass is 9.99. The van der Waals surface area contributed by atoms with Crippen LogP contribution in [0.5, 0.6) is 0 Å². The Morgan fingerprint density at radius 1 is 0.542 bits per heavy atom. The standard InChI is InChI=1S/C41H81NO6/c1-3-4-5-6-7-8-9-10-11-12-13-14-15-16-21-24-27-30-33-39(46)41(48)42-37(35-44)40(47)38(45)32-29-26-23-20-18-17-19-22-25-28-31-36(2)34-43/h34,36-40,44-47H,3-33,35H2,1-2H3,(H,42,48)/t36?,37-,38?,39-,40+/m1/s1. The highest BCUT2D eigenvalue weighted by atomic mass is 16.3. The number of unbranched alkanes of at least 4 members (excludes halogenated alkanes) is 26. The Hall–Kier alpha value is -1.02. The third-order valence-corrected chi connectivity index (χ3v) is 10.1. The van der Waals surface area contributed by atoms with Crippen LogP contribution >= 0.6 is 0 Å². The quantitative estimate of drug-likeness (QED) is 0.0326. The summed E-state index contributed by atoms with van der Waals surface area (Å²) in [6.07, 6.45) is 33.8. The zero-order valence-corrected chi connectivity index (χ0v) is 31.7. The van der Waals surface area contributed by atoms with Crippen LogP contribution in [0.1, 0.15) is 213 Å². The number of aliphatic hydroxyl groups is 4. The highest BCUT2D eigenvalue weighted by Gasteiger charge is 2.28. The van der Waals surface area contributed by atoms with Gasteiger partial charge in [0.1, 0.15) is 18.5 Å². The Balaban J connectivity index is 3.73. The second-order valence-electron chi connectivity index (χ2n) is 14.9. The van der Waals surface area contributed by atoms with Gasteiger partial charge in [0.05, 0.1) is 18.8 Å². The van der Waals surface area contributed by atoms with Gasteiger partial charge in [-0.3, -0.25) is 4.79 Å². The molecule has 5 N–H and O–H groups in total. The summed E-state index contributed by atoms with van der Waals surface area (Å²) in [5, 5.41) is 43.6. The van der Waals surface area contributed by atoms with Gasteiger partial charge in [-0.2, -0.15) is 0 Å². The lowest BCUT2D eigenvalue weighted by Gasteiger charge is -2.27. The van der Waals surface area contributed by atoms with Crippen molar-refractivity contribution in [3.8, 4) is 0 Å². The maximum atomic E-state index is 12.5. The van der Waals surface area contributed by atoms with Gasteiger partial charge in [-0.05, 0) is 19.3 Å². The van der Waals surface area contributed by atoms with E-state index in [9.17, 15) is 30.0 Å². The molecule has 7 nitrogen and oxygen atoms in total. The molecule has 0 aliphatic rings. The van der Waals surface area contributed by atoms with Gasteiger partial charge in [-0.15, -0.1) is 0 Å². The number of carbonyl (C=O) groups excluding carboxylic acids is 2. The number of hydrogen-bond acceptors (Lipinski definition) is 6. The van der Waals surface area contributed by atoms with E-state index in [2.05, 4.69) is 12.2 Å². The van der Waals surface area contributed by atoms with Gasteiger partial charge in [0.25, 0.3) is 0 Å². The lowest BCUT2D eigenvalue weighted by Crippen LogP contribution is -2.53. The van der Waals surface area contributed by atoms with E-state index in [1.54, 1.807) is 0 Å². The lowest BCUT2D eigenvalue weighted by molar-refractivity contribution is -0.132. The number of amides is 1. The molecular weight excluding hydrogens is 602 g/mol. The number of rotatable bonds is 38. The van der Waals surface area contributed by atoms with Gasteiger partial charge < -0.3 is 30.5 Å². The van der Waals surface area contributed by atoms with E-state index >= 15 is 0 Å². The normalized spacial score (nSPS) is 14.8. The fourth-order valence-corrected chi connectivity index (χ4v) is 6.63. The van der Waals surface area contributed by atoms with Crippen molar-refractivity contribution in [1.82, 2.24) is 5.32 Å². The van der Waals surface area contributed by atoms with Crippen molar-refractivity contribution in [2.24, 2.45) is 5.92 Å². The summed E-state index contributed by atoms with van der Waals surface area (Å²) in [6, 6.07) is -0.996. The van der Waals surface area contributed by atoms with Crippen molar-refractivity contribution in [2.75, 3.05) is 6.61 Å². The van der Waals surface area contributed by atoms with Crippen LogP contribution in [0.4, 0.5) is 0 Å². The number of aliphatic hydroxyl groups excluding tert-OH is 4. The van der Waals surface area contributed by atoms with E-state index in [0.717, 1.165) is 64.1 Å². The molecule has 1 amide bonds. The molecule has 0 spiro atoms. The summed E-state index contributed by atoms with van der Waals surface area (Å²) in [4.78, 5) is 23.1. The molecule has 0 aliphatic heterocycles. The maximum absolute atomic E-state index is 12.5. The molecule has 0 aromatic rings. The Morgan fingerprint density at radius 2 is 0.875 bits per heavy atom. The summed E-state index contributed by atoms with van der Waals surface area (Å²) >= 11 is 0. The molecule has 48 heavy (non-hydrogen) atoms. The highest BCUT2D eigenvalue weighted by Crippen LogP contribution is 2.17. The van der Waals surface area contributed by atoms with Crippen molar-refractivity contribution >= 4 is 12.2 Å². The fourth-order valence-electron chi connectivity index (χ4n) is 6.63. The molecule has 0 aromatic heterocycles. The largest absolute Gasteiger partial charge is 0.394 e. The van der Waals surface area contributed by atoms with Crippen LogP contribution in [-0.2, 0) is 9.59 Å². The molecule has 0 rings (SSSR count). The predicted octanol–water partition coefficient (Wildman–Crippen LogP) is 9.49. The molecular formula is C41H81NO6. The van der Waals surface area contributed by atoms with Crippen LogP contribution < -0.4 is 5.32 Å². The summed E-state index contributed by atoms with van der Waals surface area (Å²) in [5.74, 6) is -0.410. The second-order valence-corrected chi connectivity index (χ2v) is 14.9. The SMILES string of the molecule is CCCCCCCCCCCCCCCCCCCC[C@@H](O)C(=O)N[C@H](CO)[C@H](O)C(O)CCCCCCCCCCCCC(C)C=O. The average molecular weight is 684 g/mol. The second kappa shape index (κ2) is 35.8. The summed E-state index contributed by atoms with van der Waals surface area (Å²) < 4.78 is 0. The Kier molecular flexibility index (Phi) is 35.0. The minimum atomic E-state index is -1.27. The van der Waals surface area contributed by atoms with E-state index < -0.39 is 36.9 Å². The number of carbonyl (C=O) groups is 2. The predicted molar refractivity (Wildman–Crippen MR) is 201 cm³/mol. The van der Waals surface area contributed by atoms with Gasteiger partial charge >= 0.3 is 0 Å². The molecule has 2 unspecified atom stereocenters. The number of nitrogens with one attached hydrogen (secondary N) is 1. The van der Waals surface area contributed by atoms with E-state index in [-0.39, 0.29) is 5.92 Å². The molecule has 0 saturated heterocycles. The molecule has 0 heterocycles. The molecule has 0 aromatic carbocycles. The van der Waals surface area contributed by atoms with Crippen LogP contribution in [0.3, 0.4) is 0 Å². The average Bonchev–Trinajstić information content (AvgIpc) is 3.09. The minimum absolute atomic E-state index is 0.184. The van der Waals surface area contributed by atoms with E-state index in [1.165, 1.54) is 128 Å². The highest BCUT2D eigenvalue weighted by molar-refractivity contribution is 5.80. The third-order valence-electron chi connectivity index (χ3n) is 10.1. The Morgan fingerprint density at radius 3 is 1.23 bits per heavy atom. The number of aldehydes is 1. The first-order valence-corrected chi connectivity index (χ1v) is 20.8. The Labute approximate surface area is 296 Å². The molecule has 7 heteroatoms. The van der Waals surface area contributed by atoms with E-state index in [0.29, 0.717) is 12.8 Å². The molecule has 5 atom stereocenters. The molecule has 0 saturated carbocycles. The van der Waals surface area contributed by atoms with Crippen LogP contribution in [-0.4, -0.2) is 63.6 Å². The van der Waals surface area contributed by atoms with Crippen molar-refractivity contribution in [1.29, 1.82) is 0 Å². The topological polar surface area (TPSA) is 127 Å². The van der Waals surface area contributed by atoms with Crippen molar-refractivity contribution in [2.45, 2.75) is 237 Å². The van der Waals surface area contributed by atoms with E-state index in [4.69, 9.17) is 0 Å². The van der Waals surface area contributed by atoms with Gasteiger partial charge in [-0.1, -0.05) is 194 Å². The van der Waals surface area contributed by atoms with E-state index in [1.807, 2.05) is 6.92 Å². The Bertz CT molecular complexity index is 692. The molecule has 0 aliphatic carbocycles. The van der Waals surface area contributed by atoms with Crippen LogP contribution in [0, 0.1) is 5.92 Å². The zero-order valence-electron chi connectivity index (χ0n) is 31.7. The molecule has 0 radical (unpaired) electrons. The summed E-state index contributed by atoms with van der Waals surface area (Å²) in [6.45, 7) is 3.75. The van der Waals surface area contributed by atoms with Gasteiger partial charge in [0.15, 0.2) is 0 Å². The van der Waals surface area contributed by atoms with Crippen molar-refractivity contribution in [3.05, 3.63) is 0 Å². The van der Waals surface area contributed by atoms with Crippen molar-refractivity contribution < 1.29 is 30.0 Å². The van der Waals surface area contributed by atoms with Gasteiger partial charge in [0, 0.05) is 5.92 Å². The first-order chi connectivity index (χ1) is 23.4. The van der Waals surface area contributed by atoms with Crippen LogP contribution in [0.15, 0.2) is 0 Å². The number of hydrogen-bond donors (Lipinski definition) is 5. The third kappa shape index (κ3) is 29.9. The molecule has 286 valence electrons. The van der Waals surface area contributed by atoms with Gasteiger partial charge in [0.2, 0.25) is 5.91 Å². The zero-order chi connectivity index (χ0) is 35.5. The first-order valence-electron chi connectivity index (χ1n) is 20.8. The summed E-state index contributed by atoms with van der Waals surface area (Å²) in [7, 11) is 0. The molecule has 0 fully saturated rings. The fraction of sp³-hybridized carbons (Fsp3) is 0.951. The smallest absolute Gasteiger partial charge is 0.249 e.